The van der Waals surface area contributed by atoms with Crippen molar-refractivity contribution in [2.75, 3.05) is 12.4 Å². The van der Waals surface area contributed by atoms with Gasteiger partial charge >= 0.3 is 0 Å². The highest BCUT2D eigenvalue weighted by molar-refractivity contribution is 7.15. The van der Waals surface area contributed by atoms with E-state index in [1.807, 2.05) is 66.2 Å². The summed E-state index contributed by atoms with van der Waals surface area (Å²) in [6.45, 7) is 4.05. The second-order valence-electron chi connectivity index (χ2n) is 6.84. The molecule has 4 rings (SSSR count). The highest BCUT2D eigenvalue weighted by Gasteiger charge is 2.13. The summed E-state index contributed by atoms with van der Waals surface area (Å²) < 4.78 is 7.20. The molecule has 2 aromatic heterocycles. The summed E-state index contributed by atoms with van der Waals surface area (Å²) in [5, 5.41) is 4.98. The van der Waals surface area contributed by atoms with E-state index in [1.54, 1.807) is 7.11 Å². The summed E-state index contributed by atoms with van der Waals surface area (Å²) in [6.07, 6.45) is 2.28. The number of carbonyl (C=O) groups excluding carboxylic acids is 1. The molecule has 0 aliphatic heterocycles. The highest BCUT2D eigenvalue weighted by Crippen LogP contribution is 2.25. The SMILES string of the molecule is COc1ccc(-c2cn3c(CC(=O)Nc4cc(C)cc(C)c4)csc3n2)cc1. The first-order valence-corrected chi connectivity index (χ1v) is 9.88. The zero-order chi connectivity index (χ0) is 19.7. The van der Waals surface area contributed by atoms with Gasteiger partial charge in [-0.05, 0) is 61.4 Å². The van der Waals surface area contributed by atoms with Crippen molar-refractivity contribution in [2.24, 2.45) is 0 Å². The lowest BCUT2D eigenvalue weighted by Crippen LogP contribution is -2.15. The van der Waals surface area contributed by atoms with E-state index in [0.29, 0.717) is 6.42 Å². The monoisotopic (exact) mass is 391 g/mol. The fraction of sp³-hybridized carbons (Fsp3) is 0.182. The highest BCUT2D eigenvalue weighted by atomic mass is 32.1. The number of fused-ring (bicyclic) bond motifs is 1. The van der Waals surface area contributed by atoms with Gasteiger partial charge in [-0.1, -0.05) is 6.07 Å². The molecule has 28 heavy (non-hydrogen) atoms. The van der Waals surface area contributed by atoms with E-state index in [1.165, 1.54) is 11.3 Å². The summed E-state index contributed by atoms with van der Waals surface area (Å²) in [5.41, 5.74) is 5.92. The Balaban J connectivity index is 1.54. The van der Waals surface area contributed by atoms with Crippen molar-refractivity contribution < 1.29 is 9.53 Å². The Morgan fingerprint density at radius 1 is 1.14 bits per heavy atom. The summed E-state index contributed by atoms with van der Waals surface area (Å²) >= 11 is 1.54. The summed E-state index contributed by atoms with van der Waals surface area (Å²) in [6, 6.07) is 13.8. The maximum Gasteiger partial charge on any atom is 0.230 e. The smallest absolute Gasteiger partial charge is 0.230 e. The van der Waals surface area contributed by atoms with Crippen molar-refractivity contribution >= 4 is 27.9 Å². The number of amides is 1. The van der Waals surface area contributed by atoms with Crippen molar-refractivity contribution in [1.29, 1.82) is 0 Å². The Labute approximate surface area is 167 Å². The van der Waals surface area contributed by atoms with Gasteiger partial charge in [0.25, 0.3) is 0 Å². The standard InChI is InChI=1S/C22H21N3O2S/c1-14-8-15(2)10-17(9-14)23-21(26)11-18-13-28-22-24-20(12-25(18)22)16-4-6-19(27-3)7-5-16/h4-10,12-13H,11H2,1-3H3,(H,23,26). The Kier molecular flexibility index (Phi) is 4.88. The van der Waals surface area contributed by atoms with Crippen LogP contribution in [0.3, 0.4) is 0 Å². The molecule has 0 aliphatic carbocycles. The van der Waals surface area contributed by atoms with Crippen molar-refractivity contribution in [3.8, 4) is 17.0 Å². The molecule has 142 valence electrons. The molecule has 0 fully saturated rings. The fourth-order valence-corrected chi connectivity index (χ4v) is 4.15. The number of hydrogen-bond donors (Lipinski definition) is 1. The third-order valence-corrected chi connectivity index (χ3v) is 5.40. The number of methoxy groups -OCH3 is 1. The normalized spacial score (nSPS) is 11.0. The zero-order valence-corrected chi connectivity index (χ0v) is 16.8. The number of imidazole rings is 1. The van der Waals surface area contributed by atoms with Crippen LogP contribution in [0, 0.1) is 13.8 Å². The largest absolute Gasteiger partial charge is 0.497 e. The van der Waals surface area contributed by atoms with E-state index in [-0.39, 0.29) is 5.91 Å². The van der Waals surface area contributed by atoms with Gasteiger partial charge in [0.2, 0.25) is 5.91 Å². The molecule has 0 saturated heterocycles. The van der Waals surface area contributed by atoms with Crippen LogP contribution in [0.4, 0.5) is 5.69 Å². The number of hydrogen-bond acceptors (Lipinski definition) is 4. The number of rotatable bonds is 5. The predicted octanol–water partition coefficient (Wildman–Crippen LogP) is 4.87. The molecule has 0 spiro atoms. The van der Waals surface area contributed by atoms with E-state index in [0.717, 1.165) is 44.5 Å². The average Bonchev–Trinajstić information content (AvgIpc) is 3.23. The topological polar surface area (TPSA) is 55.6 Å². The summed E-state index contributed by atoms with van der Waals surface area (Å²) in [4.78, 5) is 18.1. The first-order chi connectivity index (χ1) is 13.5. The molecule has 0 saturated carbocycles. The van der Waals surface area contributed by atoms with Crippen LogP contribution < -0.4 is 10.1 Å². The number of nitrogens with one attached hydrogen (secondary N) is 1. The molecule has 2 aromatic carbocycles. The molecule has 0 radical (unpaired) electrons. The second kappa shape index (κ2) is 7.48. The fourth-order valence-electron chi connectivity index (χ4n) is 3.27. The van der Waals surface area contributed by atoms with Crippen molar-refractivity contribution in [2.45, 2.75) is 20.3 Å². The van der Waals surface area contributed by atoms with Gasteiger partial charge in [-0.2, -0.15) is 0 Å². The Morgan fingerprint density at radius 3 is 2.54 bits per heavy atom. The van der Waals surface area contributed by atoms with Gasteiger partial charge in [-0.15, -0.1) is 11.3 Å². The van der Waals surface area contributed by atoms with Crippen LogP contribution in [0.5, 0.6) is 5.75 Å². The Bertz CT molecular complexity index is 1120. The second-order valence-corrected chi connectivity index (χ2v) is 7.67. The number of ether oxygens (including phenoxy) is 1. The van der Waals surface area contributed by atoms with Gasteiger partial charge in [0.15, 0.2) is 4.96 Å². The van der Waals surface area contributed by atoms with E-state index in [2.05, 4.69) is 16.4 Å². The van der Waals surface area contributed by atoms with E-state index >= 15 is 0 Å². The first-order valence-electron chi connectivity index (χ1n) is 9.00. The molecule has 4 aromatic rings. The minimum atomic E-state index is -0.0376. The third kappa shape index (κ3) is 3.77. The molecular weight excluding hydrogens is 370 g/mol. The van der Waals surface area contributed by atoms with Gasteiger partial charge < -0.3 is 10.1 Å². The lowest BCUT2D eigenvalue weighted by molar-refractivity contribution is -0.115. The van der Waals surface area contributed by atoms with Crippen molar-refractivity contribution in [3.05, 3.63) is 70.9 Å². The van der Waals surface area contributed by atoms with Crippen LogP contribution in [-0.4, -0.2) is 22.4 Å². The number of carbonyl (C=O) groups is 1. The number of anilines is 1. The predicted molar refractivity (Wildman–Crippen MR) is 113 cm³/mol. The van der Waals surface area contributed by atoms with E-state index in [9.17, 15) is 4.79 Å². The molecular formula is C22H21N3O2S. The van der Waals surface area contributed by atoms with Gasteiger partial charge in [0.1, 0.15) is 5.75 Å². The van der Waals surface area contributed by atoms with E-state index < -0.39 is 0 Å². The van der Waals surface area contributed by atoms with Crippen molar-refractivity contribution in [1.82, 2.24) is 9.38 Å². The molecule has 5 nitrogen and oxygen atoms in total. The summed E-state index contributed by atoms with van der Waals surface area (Å²) in [5.74, 6) is 0.776. The first kappa shape index (κ1) is 18.3. The lowest BCUT2D eigenvalue weighted by atomic mass is 10.1. The molecule has 2 heterocycles. The molecule has 0 aliphatic rings. The van der Waals surface area contributed by atoms with Crippen molar-refractivity contribution in [3.63, 3.8) is 0 Å². The summed E-state index contributed by atoms with van der Waals surface area (Å²) in [7, 11) is 1.65. The number of aromatic nitrogens is 2. The molecule has 0 bridgehead atoms. The van der Waals surface area contributed by atoms with Gasteiger partial charge in [0, 0.05) is 28.5 Å². The molecule has 6 heteroatoms. The molecule has 1 amide bonds. The molecule has 0 atom stereocenters. The quantitative estimate of drug-likeness (QED) is 0.528. The number of aryl methyl sites for hydroxylation is 2. The molecule has 0 unspecified atom stereocenters. The third-order valence-electron chi connectivity index (χ3n) is 4.52. The Hall–Kier alpha value is -3.12. The van der Waals surface area contributed by atoms with Crippen LogP contribution in [-0.2, 0) is 11.2 Å². The van der Waals surface area contributed by atoms with Gasteiger partial charge in [-0.25, -0.2) is 4.98 Å². The number of benzene rings is 2. The van der Waals surface area contributed by atoms with Crippen LogP contribution in [0.2, 0.25) is 0 Å². The van der Waals surface area contributed by atoms with Gasteiger partial charge in [-0.3, -0.25) is 9.20 Å². The number of thiazole rings is 1. The maximum absolute atomic E-state index is 12.5. The number of nitrogens with zero attached hydrogens (tertiary/aromatic N) is 2. The van der Waals surface area contributed by atoms with E-state index in [4.69, 9.17) is 4.74 Å². The van der Waals surface area contributed by atoms with Crippen LogP contribution in [0.15, 0.2) is 54.0 Å². The average molecular weight is 391 g/mol. The van der Waals surface area contributed by atoms with Crippen LogP contribution >= 0.6 is 11.3 Å². The maximum atomic E-state index is 12.5. The van der Waals surface area contributed by atoms with Crippen LogP contribution in [0.1, 0.15) is 16.8 Å². The van der Waals surface area contributed by atoms with Crippen LogP contribution in [0.25, 0.3) is 16.2 Å². The molecule has 1 N–H and O–H groups in total. The zero-order valence-electron chi connectivity index (χ0n) is 16.0. The lowest BCUT2D eigenvalue weighted by Gasteiger charge is -2.07. The Morgan fingerprint density at radius 2 is 1.86 bits per heavy atom. The minimum absolute atomic E-state index is 0.0376. The minimum Gasteiger partial charge on any atom is -0.497 e. The van der Waals surface area contributed by atoms with Gasteiger partial charge in [0.05, 0.1) is 19.2 Å².